The SMILES string of the molecule is COCCCNC(=O)C(C)N1CCN(c2cnn(-c3ccccc3)c(=O)c2Cl)CC1. The Bertz CT molecular complexity index is 897. The van der Waals surface area contributed by atoms with Gasteiger partial charge in [-0.25, -0.2) is 0 Å². The van der Waals surface area contributed by atoms with Gasteiger partial charge in [0.15, 0.2) is 0 Å². The van der Waals surface area contributed by atoms with Crippen LogP contribution in [0.4, 0.5) is 5.69 Å². The van der Waals surface area contributed by atoms with E-state index in [1.54, 1.807) is 13.3 Å². The highest BCUT2D eigenvalue weighted by molar-refractivity contribution is 6.33. The van der Waals surface area contributed by atoms with Gasteiger partial charge in [0.1, 0.15) is 5.02 Å². The minimum absolute atomic E-state index is 0.0183. The van der Waals surface area contributed by atoms with E-state index in [-0.39, 0.29) is 22.5 Å². The quantitative estimate of drug-likeness (QED) is 0.636. The lowest BCUT2D eigenvalue weighted by Gasteiger charge is -2.38. The monoisotopic (exact) mass is 433 g/mol. The summed E-state index contributed by atoms with van der Waals surface area (Å²) in [6.45, 7) is 5.88. The second-order valence-corrected chi connectivity index (χ2v) is 7.61. The summed E-state index contributed by atoms with van der Waals surface area (Å²) in [5.74, 6) is 0.0183. The van der Waals surface area contributed by atoms with E-state index in [0.29, 0.717) is 50.7 Å². The summed E-state index contributed by atoms with van der Waals surface area (Å²) in [6.07, 6.45) is 2.43. The number of benzene rings is 1. The second-order valence-electron chi connectivity index (χ2n) is 7.23. The Morgan fingerprint density at radius 1 is 1.23 bits per heavy atom. The van der Waals surface area contributed by atoms with E-state index in [0.717, 1.165) is 6.42 Å². The molecule has 1 aliphatic rings. The van der Waals surface area contributed by atoms with Crippen molar-refractivity contribution in [3.05, 3.63) is 51.9 Å². The third-order valence-corrected chi connectivity index (χ3v) is 5.66. The van der Waals surface area contributed by atoms with Crippen molar-refractivity contribution in [1.82, 2.24) is 20.0 Å². The number of rotatable bonds is 8. The van der Waals surface area contributed by atoms with Crippen LogP contribution >= 0.6 is 11.6 Å². The molecule has 1 aliphatic heterocycles. The third kappa shape index (κ3) is 5.19. The molecule has 2 aromatic rings. The van der Waals surface area contributed by atoms with Crippen molar-refractivity contribution in [1.29, 1.82) is 0 Å². The smallest absolute Gasteiger partial charge is 0.292 e. The molecule has 162 valence electrons. The molecule has 30 heavy (non-hydrogen) atoms. The summed E-state index contributed by atoms with van der Waals surface area (Å²) < 4.78 is 6.30. The van der Waals surface area contributed by atoms with Crippen molar-refractivity contribution in [3.63, 3.8) is 0 Å². The van der Waals surface area contributed by atoms with E-state index < -0.39 is 0 Å². The van der Waals surface area contributed by atoms with Crippen LogP contribution in [0.3, 0.4) is 0 Å². The fourth-order valence-electron chi connectivity index (χ4n) is 3.49. The summed E-state index contributed by atoms with van der Waals surface area (Å²) in [7, 11) is 1.65. The molecule has 8 nitrogen and oxygen atoms in total. The molecule has 1 fully saturated rings. The number of carbonyl (C=O) groups excluding carboxylic acids is 1. The van der Waals surface area contributed by atoms with Gasteiger partial charge < -0.3 is 15.0 Å². The van der Waals surface area contributed by atoms with E-state index in [1.807, 2.05) is 42.2 Å². The normalized spacial score (nSPS) is 15.8. The molecule has 0 aliphatic carbocycles. The van der Waals surface area contributed by atoms with Crippen LogP contribution in [-0.4, -0.2) is 73.1 Å². The van der Waals surface area contributed by atoms with Gasteiger partial charge in [-0.1, -0.05) is 29.8 Å². The van der Waals surface area contributed by atoms with Gasteiger partial charge in [0.25, 0.3) is 5.56 Å². The molecule has 3 rings (SSSR count). The average molecular weight is 434 g/mol. The fourth-order valence-corrected chi connectivity index (χ4v) is 3.74. The zero-order valence-corrected chi connectivity index (χ0v) is 18.1. The molecular weight excluding hydrogens is 406 g/mol. The van der Waals surface area contributed by atoms with Crippen molar-refractivity contribution >= 4 is 23.2 Å². The first-order valence-electron chi connectivity index (χ1n) is 10.1. The maximum Gasteiger partial charge on any atom is 0.292 e. The molecule has 1 N–H and O–H groups in total. The van der Waals surface area contributed by atoms with Gasteiger partial charge in [0, 0.05) is 46.4 Å². The number of para-hydroxylation sites is 1. The van der Waals surface area contributed by atoms with Crippen LogP contribution < -0.4 is 15.8 Å². The number of piperazine rings is 1. The molecule has 2 heterocycles. The molecule has 1 amide bonds. The van der Waals surface area contributed by atoms with E-state index in [1.165, 1.54) is 4.68 Å². The predicted molar refractivity (Wildman–Crippen MR) is 118 cm³/mol. The molecule has 1 aromatic heterocycles. The highest BCUT2D eigenvalue weighted by Gasteiger charge is 2.27. The number of methoxy groups -OCH3 is 1. The summed E-state index contributed by atoms with van der Waals surface area (Å²) in [4.78, 5) is 29.2. The molecule has 9 heteroatoms. The highest BCUT2D eigenvalue weighted by atomic mass is 35.5. The van der Waals surface area contributed by atoms with Gasteiger partial charge in [-0.2, -0.15) is 9.78 Å². The van der Waals surface area contributed by atoms with Crippen molar-refractivity contribution in [2.45, 2.75) is 19.4 Å². The maximum atomic E-state index is 12.7. The molecule has 0 radical (unpaired) electrons. The Hall–Kier alpha value is -2.42. The number of anilines is 1. The number of hydrogen-bond acceptors (Lipinski definition) is 6. The summed E-state index contributed by atoms with van der Waals surface area (Å²) >= 11 is 6.41. The summed E-state index contributed by atoms with van der Waals surface area (Å²) in [5.41, 5.74) is 0.961. The standard InChI is InChI=1S/C21H28ClN5O3/c1-16(20(28)23-9-6-14-30-2)25-10-12-26(13-11-25)18-15-24-27(21(29)19(18)22)17-7-4-3-5-8-17/h3-5,7-8,15-16H,6,9-14H2,1-2H3,(H,23,28). The second kappa shape index (κ2) is 10.6. The van der Waals surface area contributed by atoms with Gasteiger partial charge in [-0.05, 0) is 25.5 Å². The van der Waals surface area contributed by atoms with Crippen molar-refractivity contribution < 1.29 is 9.53 Å². The topological polar surface area (TPSA) is 79.7 Å². The molecule has 0 saturated carbocycles. The van der Waals surface area contributed by atoms with Crippen LogP contribution in [-0.2, 0) is 9.53 Å². The van der Waals surface area contributed by atoms with E-state index in [4.69, 9.17) is 16.3 Å². The lowest BCUT2D eigenvalue weighted by Crippen LogP contribution is -2.54. The molecule has 1 atom stereocenters. The van der Waals surface area contributed by atoms with Gasteiger partial charge in [-0.15, -0.1) is 0 Å². The van der Waals surface area contributed by atoms with E-state index in [2.05, 4.69) is 15.3 Å². The van der Waals surface area contributed by atoms with Gasteiger partial charge in [0.2, 0.25) is 5.91 Å². The van der Waals surface area contributed by atoms with Crippen molar-refractivity contribution in [2.75, 3.05) is 51.3 Å². The number of hydrogen-bond donors (Lipinski definition) is 1. The maximum absolute atomic E-state index is 12.7. The zero-order chi connectivity index (χ0) is 21.5. The first-order valence-corrected chi connectivity index (χ1v) is 10.5. The van der Waals surface area contributed by atoms with Crippen LogP contribution in [0.25, 0.3) is 5.69 Å². The molecule has 1 saturated heterocycles. The Balaban J connectivity index is 1.60. The number of nitrogens with one attached hydrogen (secondary N) is 1. The van der Waals surface area contributed by atoms with Gasteiger partial charge >= 0.3 is 0 Å². The van der Waals surface area contributed by atoms with Crippen LogP contribution in [0.5, 0.6) is 0 Å². The van der Waals surface area contributed by atoms with Crippen LogP contribution in [0, 0.1) is 0 Å². The number of halogens is 1. The molecule has 0 spiro atoms. The number of nitrogens with zero attached hydrogens (tertiary/aromatic N) is 4. The lowest BCUT2D eigenvalue weighted by atomic mass is 10.2. The Kier molecular flexibility index (Phi) is 7.84. The summed E-state index contributed by atoms with van der Waals surface area (Å²) in [6, 6.07) is 8.98. The minimum atomic E-state index is -0.341. The first kappa shape index (κ1) is 22.3. The highest BCUT2D eigenvalue weighted by Crippen LogP contribution is 2.23. The van der Waals surface area contributed by atoms with E-state index >= 15 is 0 Å². The minimum Gasteiger partial charge on any atom is -0.385 e. The van der Waals surface area contributed by atoms with E-state index in [9.17, 15) is 9.59 Å². The Morgan fingerprint density at radius 3 is 2.60 bits per heavy atom. The van der Waals surface area contributed by atoms with Crippen molar-refractivity contribution in [3.8, 4) is 5.69 Å². The van der Waals surface area contributed by atoms with Gasteiger partial charge in [-0.3, -0.25) is 14.5 Å². The molecule has 0 bridgehead atoms. The largest absolute Gasteiger partial charge is 0.385 e. The molecular formula is C21H28ClN5O3. The third-order valence-electron chi connectivity index (χ3n) is 5.31. The molecule has 1 aromatic carbocycles. The number of aromatic nitrogens is 2. The van der Waals surface area contributed by atoms with Crippen LogP contribution in [0.15, 0.2) is 41.3 Å². The zero-order valence-electron chi connectivity index (χ0n) is 17.4. The van der Waals surface area contributed by atoms with Gasteiger partial charge in [0.05, 0.1) is 23.6 Å². The summed E-state index contributed by atoms with van der Waals surface area (Å²) in [5, 5.41) is 7.41. The first-order chi connectivity index (χ1) is 14.5. The van der Waals surface area contributed by atoms with Crippen LogP contribution in [0.2, 0.25) is 5.02 Å². The number of carbonyl (C=O) groups is 1. The molecule has 1 unspecified atom stereocenters. The van der Waals surface area contributed by atoms with Crippen molar-refractivity contribution in [2.24, 2.45) is 0 Å². The predicted octanol–water partition coefficient (Wildman–Crippen LogP) is 1.55. The number of ether oxygens (including phenoxy) is 1. The average Bonchev–Trinajstić information content (AvgIpc) is 2.78. The Morgan fingerprint density at radius 2 is 1.93 bits per heavy atom. The number of amides is 1. The fraction of sp³-hybridized carbons (Fsp3) is 0.476. The lowest BCUT2D eigenvalue weighted by molar-refractivity contribution is -0.126. The Labute approximate surface area is 181 Å². The van der Waals surface area contributed by atoms with Crippen LogP contribution in [0.1, 0.15) is 13.3 Å².